The zero-order chi connectivity index (χ0) is 23.5. The SMILES string of the molecule is COc1cc(C(=O)N2CCCC(c3nnc(-c4ccc(F)cc4)o3)C2)c([N+](=O)[O-])cc1OC. The van der Waals surface area contributed by atoms with Crippen LogP contribution in [-0.2, 0) is 0 Å². The fourth-order valence-corrected chi connectivity index (χ4v) is 3.83. The molecule has 0 bridgehead atoms. The maximum Gasteiger partial charge on any atom is 0.286 e. The largest absolute Gasteiger partial charge is 0.493 e. The molecule has 1 saturated heterocycles. The zero-order valence-corrected chi connectivity index (χ0v) is 18.0. The summed E-state index contributed by atoms with van der Waals surface area (Å²) in [5, 5.41) is 19.7. The summed E-state index contributed by atoms with van der Waals surface area (Å²) in [5.74, 6) is -0.103. The summed E-state index contributed by atoms with van der Waals surface area (Å²) in [6.45, 7) is 0.690. The quantitative estimate of drug-likeness (QED) is 0.405. The molecule has 1 atom stereocenters. The number of nitrogens with zero attached hydrogens (tertiary/aromatic N) is 4. The second-order valence-electron chi connectivity index (χ2n) is 7.52. The molecule has 0 spiro atoms. The Morgan fingerprint density at radius 2 is 1.88 bits per heavy atom. The zero-order valence-electron chi connectivity index (χ0n) is 18.0. The van der Waals surface area contributed by atoms with Crippen LogP contribution in [0.25, 0.3) is 11.5 Å². The van der Waals surface area contributed by atoms with Gasteiger partial charge in [0.1, 0.15) is 11.4 Å². The Kier molecular flexibility index (Phi) is 6.20. The molecule has 0 saturated carbocycles. The molecular formula is C22H21FN4O6. The van der Waals surface area contributed by atoms with Crippen molar-refractivity contribution < 1.29 is 28.0 Å². The van der Waals surface area contributed by atoms with Gasteiger partial charge in [-0.15, -0.1) is 10.2 Å². The van der Waals surface area contributed by atoms with Gasteiger partial charge in [0, 0.05) is 24.7 Å². The number of carbonyl (C=O) groups is 1. The van der Waals surface area contributed by atoms with Gasteiger partial charge in [0.2, 0.25) is 11.8 Å². The normalized spacial score (nSPS) is 15.8. The monoisotopic (exact) mass is 456 g/mol. The Bertz CT molecular complexity index is 1180. The predicted molar refractivity (Wildman–Crippen MR) is 114 cm³/mol. The fourth-order valence-electron chi connectivity index (χ4n) is 3.83. The first-order valence-electron chi connectivity index (χ1n) is 10.2. The van der Waals surface area contributed by atoms with Gasteiger partial charge in [-0.3, -0.25) is 14.9 Å². The van der Waals surface area contributed by atoms with E-state index in [9.17, 15) is 19.3 Å². The lowest BCUT2D eigenvalue weighted by Crippen LogP contribution is -2.39. The van der Waals surface area contributed by atoms with E-state index in [2.05, 4.69) is 10.2 Å². The maximum absolute atomic E-state index is 13.3. The van der Waals surface area contributed by atoms with Gasteiger partial charge in [0.15, 0.2) is 11.5 Å². The van der Waals surface area contributed by atoms with Gasteiger partial charge in [-0.25, -0.2) is 4.39 Å². The number of halogens is 1. The molecule has 1 fully saturated rings. The minimum absolute atomic E-state index is 0.0872. The number of methoxy groups -OCH3 is 2. The molecular weight excluding hydrogens is 435 g/mol. The topological polar surface area (TPSA) is 121 Å². The standard InChI is InChI=1S/C22H21FN4O6/c1-31-18-10-16(17(27(29)30)11-19(18)32-2)22(28)26-9-3-4-14(12-26)21-25-24-20(33-21)13-5-7-15(23)8-6-13/h5-8,10-11,14H,3-4,9,12H2,1-2H3. The van der Waals surface area contributed by atoms with E-state index in [0.717, 1.165) is 0 Å². The van der Waals surface area contributed by atoms with Crippen LogP contribution in [0.15, 0.2) is 40.8 Å². The van der Waals surface area contributed by atoms with Crippen LogP contribution in [0.5, 0.6) is 11.5 Å². The maximum atomic E-state index is 13.3. The summed E-state index contributed by atoms with van der Waals surface area (Å²) < 4.78 is 29.3. The van der Waals surface area contributed by atoms with Crippen LogP contribution >= 0.6 is 0 Å². The smallest absolute Gasteiger partial charge is 0.286 e. The molecule has 11 heteroatoms. The van der Waals surface area contributed by atoms with Gasteiger partial charge < -0.3 is 18.8 Å². The van der Waals surface area contributed by atoms with Crippen LogP contribution in [0.3, 0.4) is 0 Å². The number of nitro groups is 1. The van der Waals surface area contributed by atoms with Crippen molar-refractivity contribution in [1.82, 2.24) is 15.1 Å². The summed E-state index contributed by atoms with van der Waals surface area (Å²) in [5.41, 5.74) is 0.131. The Morgan fingerprint density at radius 1 is 1.18 bits per heavy atom. The summed E-state index contributed by atoms with van der Waals surface area (Å²) >= 11 is 0. The van der Waals surface area contributed by atoms with Crippen molar-refractivity contribution in [2.24, 2.45) is 0 Å². The first-order valence-corrected chi connectivity index (χ1v) is 10.2. The lowest BCUT2D eigenvalue weighted by Gasteiger charge is -2.31. The Hall–Kier alpha value is -4.02. The van der Waals surface area contributed by atoms with E-state index in [4.69, 9.17) is 13.9 Å². The second kappa shape index (κ2) is 9.23. The first kappa shape index (κ1) is 22.2. The van der Waals surface area contributed by atoms with Gasteiger partial charge in [-0.1, -0.05) is 0 Å². The molecule has 1 aromatic heterocycles. The van der Waals surface area contributed by atoms with Gasteiger partial charge in [0.25, 0.3) is 11.6 Å². The lowest BCUT2D eigenvalue weighted by molar-refractivity contribution is -0.385. The van der Waals surface area contributed by atoms with Gasteiger partial charge in [-0.2, -0.15) is 0 Å². The number of amides is 1. The summed E-state index contributed by atoms with van der Waals surface area (Å²) in [7, 11) is 2.76. The highest BCUT2D eigenvalue weighted by atomic mass is 19.1. The number of benzene rings is 2. The number of rotatable bonds is 6. The number of likely N-dealkylation sites (tertiary alicyclic amines) is 1. The van der Waals surface area contributed by atoms with E-state index in [1.54, 1.807) is 12.1 Å². The van der Waals surface area contributed by atoms with Crippen LogP contribution in [0.4, 0.5) is 10.1 Å². The van der Waals surface area contributed by atoms with E-state index in [0.29, 0.717) is 30.8 Å². The number of carbonyl (C=O) groups excluding carboxylic acids is 1. The van der Waals surface area contributed by atoms with E-state index < -0.39 is 10.8 Å². The number of nitro benzene ring substituents is 1. The molecule has 33 heavy (non-hydrogen) atoms. The molecule has 1 aliphatic heterocycles. The van der Waals surface area contributed by atoms with Gasteiger partial charge in [-0.05, 0) is 37.1 Å². The van der Waals surface area contributed by atoms with Crippen LogP contribution in [0.1, 0.15) is 35.0 Å². The number of piperidine rings is 1. The Morgan fingerprint density at radius 3 is 2.55 bits per heavy atom. The van der Waals surface area contributed by atoms with E-state index >= 15 is 0 Å². The summed E-state index contributed by atoms with van der Waals surface area (Å²) in [4.78, 5) is 25.8. The van der Waals surface area contributed by atoms with Crippen molar-refractivity contribution in [2.75, 3.05) is 27.3 Å². The summed E-state index contributed by atoms with van der Waals surface area (Å²) in [6, 6.07) is 8.19. The molecule has 2 aromatic carbocycles. The van der Waals surface area contributed by atoms with Crippen molar-refractivity contribution in [1.29, 1.82) is 0 Å². The van der Waals surface area contributed by atoms with Crippen LogP contribution in [0.2, 0.25) is 0 Å². The minimum atomic E-state index is -0.621. The molecule has 172 valence electrons. The number of hydrogen-bond acceptors (Lipinski definition) is 8. The third-order valence-corrected chi connectivity index (χ3v) is 5.52. The fraction of sp³-hybridized carbons (Fsp3) is 0.318. The minimum Gasteiger partial charge on any atom is -0.493 e. The van der Waals surface area contributed by atoms with Crippen LogP contribution in [-0.4, -0.2) is 53.2 Å². The molecule has 1 amide bonds. The number of ether oxygens (including phenoxy) is 2. The van der Waals surface area contributed by atoms with Crippen LogP contribution in [0, 0.1) is 15.9 Å². The highest BCUT2D eigenvalue weighted by molar-refractivity contribution is 5.99. The molecule has 0 N–H and O–H groups in total. The number of hydrogen-bond donors (Lipinski definition) is 0. The molecule has 4 rings (SSSR count). The molecule has 1 unspecified atom stereocenters. The first-order chi connectivity index (χ1) is 15.9. The highest BCUT2D eigenvalue weighted by Crippen LogP contribution is 2.36. The highest BCUT2D eigenvalue weighted by Gasteiger charge is 2.33. The predicted octanol–water partition coefficient (Wildman–Crippen LogP) is 3.82. The molecule has 2 heterocycles. The van der Waals surface area contributed by atoms with Crippen molar-refractivity contribution in [3.8, 4) is 23.0 Å². The van der Waals surface area contributed by atoms with E-state index in [-0.39, 0.29) is 46.9 Å². The molecule has 0 aliphatic carbocycles. The average Bonchev–Trinajstić information content (AvgIpc) is 3.33. The Labute approximate surface area is 188 Å². The van der Waals surface area contributed by atoms with Gasteiger partial charge >= 0.3 is 0 Å². The third kappa shape index (κ3) is 4.47. The van der Waals surface area contributed by atoms with Crippen LogP contribution < -0.4 is 9.47 Å². The summed E-state index contributed by atoms with van der Waals surface area (Å²) in [6.07, 6.45) is 1.37. The van der Waals surface area contributed by atoms with Crippen molar-refractivity contribution in [2.45, 2.75) is 18.8 Å². The van der Waals surface area contributed by atoms with Gasteiger partial charge in [0.05, 0.1) is 31.1 Å². The average molecular weight is 456 g/mol. The number of aromatic nitrogens is 2. The molecule has 3 aromatic rings. The van der Waals surface area contributed by atoms with E-state index in [1.165, 1.54) is 43.4 Å². The lowest BCUT2D eigenvalue weighted by atomic mass is 9.97. The molecule has 0 radical (unpaired) electrons. The van der Waals surface area contributed by atoms with Crippen molar-refractivity contribution >= 4 is 11.6 Å². The van der Waals surface area contributed by atoms with Crippen molar-refractivity contribution in [3.63, 3.8) is 0 Å². The third-order valence-electron chi connectivity index (χ3n) is 5.52. The molecule has 10 nitrogen and oxygen atoms in total. The van der Waals surface area contributed by atoms with Crippen molar-refractivity contribution in [3.05, 3.63) is 63.8 Å². The Balaban J connectivity index is 1.57. The van der Waals surface area contributed by atoms with E-state index in [1.807, 2.05) is 0 Å². The second-order valence-corrected chi connectivity index (χ2v) is 7.52. The molecule has 1 aliphatic rings.